The highest BCUT2D eigenvalue weighted by atomic mass is 16.6. The number of likely N-dealkylation sites (N-methyl/N-ethyl adjacent to an activating group) is 1. The molecule has 190 valence electrons. The van der Waals surface area contributed by atoms with Crippen molar-refractivity contribution in [2.75, 3.05) is 28.3 Å². The molecular formula is C27H38N4O4. The fourth-order valence-electron chi connectivity index (χ4n) is 5.85. The van der Waals surface area contributed by atoms with E-state index in [1.807, 2.05) is 19.0 Å². The molecule has 1 aromatic carbocycles. The Morgan fingerprint density at radius 3 is 2.49 bits per heavy atom. The van der Waals surface area contributed by atoms with E-state index in [-0.39, 0.29) is 23.4 Å². The molecule has 0 saturated heterocycles. The lowest BCUT2D eigenvalue weighted by Gasteiger charge is -2.45. The zero-order valence-corrected chi connectivity index (χ0v) is 22.0. The summed E-state index contributed by atoms with van der Waals surface area (Å²) in [5.41, 5.74) is 1.70. The van der Waals surface area contributed by atoms with Gasteiger partial charge in [-0.05, 0) is 75.6 Å². The predicted molar refractivity (Wildman–Crippen MR) is 136 cm³/mol. The van der Waals surface area contributed by atoms with Gasteiger partial charge in [-0.2, -0.15) is 0 Å². The van der Waals surface area contributed by atoms with Gasteiger partial charge in [-0.3, -0.25) is 15.0 Å². The van der Waals surface area contributed by atoms with Crippen molar-refractivity contribution in [3.8, 4) is 0 Å². The molecule has 2 aliphatic carbocycles. The van der Waals surface area contributed by atoms with Crippen LogP contribution in [0, 0.1) is 5.41 Å². The molecule has 3 aliphatic rings. The van der Waals surface area contributed by atoms with Gasteiger partial charge in [0, 0.05) is 39.4 Å². The number of ether oxygens (including phenoxy) is 2. The summed E-state index contributed by atoms with van der Waals surface area (Å²) < 4.78 is 11.1. The third-order valence-corrected chi connectivity index (χ3v) is 7.71. The third kappa shape index (κ3) is 4.11. The molecule has 1 saturated carbocycles. The van der Waals surface area contributed by atoms with Crippen LogP contribution >= 0.6 is 0 Å². The summed E-state index contributed by atoms with van der Waals surface area (Å²) in [6.45, 7) is 9.62. The fourth-order valence-corrected chi connectivity index (χ4v) is 5.85. The number of hydrogen-bond donors (Lipinski definition) is 1. The number of carbonyl (C=O) groups excluding carboxylic acids is 2. The standard InChI is InChI=1S/C27H38N4O4/c1-17(30(5)6)18-9-10-19-16-26(13-11-20(34-8)12-14-26)27(21(19)15-18)22(32)31(7)23(29-27)28-24(33)35-25(2,3)4/h9-10,15,20H,1,11-14,16H2,2-8H3,(H,28,29,33). The van der Waals surface area contributed by atoms with E-state index >= 15 is 0 Å². The summed E-state index contributed by atoms with van der Waals surface area (Å²) in [5, 5.41) is 2.74. The number of nitrogens with one attached hydrogen (secondary N) is 1. The van der Waals surface area contributed by atoms with Crippen LogP contribution in [0.3, 0.4) is 0 Å². The van der Waals surface area contributed by atoms with E-state index in [0.29, 0.717) is 0 Å². The van der Waals surface area contributed by atoms with Crippen molar-refractivity contribution in [3.63, 3.8) is 0 Å². The number of hydrogen-bond acceptors (Lipinski definition) is 6. The molecule has 8 heteroatoms. The molecule has 1 aromatic rings. The maximum absolute atomic E-state index is 14.2. The Hall–Kier alpha value is -2.87. The van der Waals surface area contributed by atoms with Crippen molar-refractivity contribution >= 4 is 23.7 Å². The van der Waals surface area contributed by atoms with Crippen LogP contribution in [0.1, 0.15) is 63.1 Å². The SMILES string of the molecule is C=C(c1ccc2c(c1)C1(N=C(NC(=O)OC(C)(C)C)N(C)C1=O)C1(CCC(OC)CC1)C2)N(C)C. The van der Waals surface area contributed by atoms with Gasteiger partial charge in [0.05, 0.1) is 6.10 Å². The first-order valence-electron chi connectivity index (χ1n) is 12.2. The Balaban J connectivity index is 1.83. The Morgan fingerprint density at radius 1 is 1.26 bits per heavy atom. The average molecular weight is 483 g/mol. The van der Waals surface area contributed by atoms with E-state index in [1.165, 1.54) is 4.90 Å². The van der Waals surface area contributed by atoms with E-state index in [4.69, 9.17) is 14.5 Å². The minimum atomic E-state index is -1.11. The normalized spacial score (nSPS) is 27.7. The highest BCUT2D eigenvalue weighted by Crippen LogP contribution is 2.62. The van der Waals surface area contributed by atoms with Crippen LogP contribution in [0.5, 0.6) is 0 Å². The van der Waals surface area contributed by atoms with Crippen LogP contribution in [0.15, 0.2) is 29.8 Å². The zero-order chi connectivity index (χ0) is 25.8. The number of guanidine groups is 1. The van der Waals surface area contributed by atoms with Crippen LogP contribution in [-0.2, 0) is 26.2 Å². The van der Waals surface area contributed by atoms with E-state index < -0.39 is 17.2 Å². The minimum absolute atomic E-state index is 0.120. The number of aliphatic imine (C=N–C) groups is 1. The van der Waals surface area contributed by atoms with Gasteiger partial charge in [0.1, 0.15) is 5.60 Å². The average Bonchev–Trinajstić information content (AvgIpc) is 3.19. The van der Waals surface area contributed by atoms with Crippen LogP contribution in [0.2, 0.25) is 0 Å². The first-order valence-corrected chi connectivity index (χ1v) is 12.2. The zero-order valence-electron chi connectivity index (χ0n) is 22.0. The molecule has 4 rings (SSSR count). The summed E-state index contributed by atoms with van der Waals surface area (Å²) in [6.07, 6.45) is 3.67. The number of fused-ring (bicyclic) bond motifs is 3. The quantitative estimate of drug-likeness (QED) is 0.707. The summed E-state index contributed by atoms with van der Waals surface area (Å²) in [4.78, 5) is 35.3. The number of alkyl carbamates (subject to hydrolysis) is 1. The van der Waals surface area contributed by atoms with Gasteiger partial charge in [0.2, 0.25) is 5.96 Å². The largest absolute Gasteiger partial charge is 0.444 e. The first-order chi connectivity index (χ1) is 16.3. The lowest BCUT2D eigenvalue weighted by molar-refractivity contribution is -0.137. The van der Waals surface area contributed by atoms with Crippen LogP contribution in [0.25, 0.3) is 5.70 Å². The van der Waals surface area contributed by atoms with E-state index in [1.54, 1.807) is 34.9 Å². The Kier molecular flexibility index (Phi) is 6.24. The second-order valence-electron chi connectivity index (χ2n) is 11.2. The maximum Gasteiger partial charge on any atom is 0.414 e. The van der Waals surface area contributed by atoms with Crippen LogP contribution in [0.4, 0.5) is 4.79 Å². The van der Waals surface area contributed by atoms with Crippen molar-refractivity contribution in [1.82, 2.24) is 15.1 Å². The molecule has 0 bridgehead atoms. The number of rotatable bonds is 3. The van der Waals surface area contributed by atoms with E-state index in [2.05, 4.69) is 30.1 Å². The molecule has 1 aliphatic heterocycles. The summed E-state index contributed by atoms with van der Waals surface area (Å²) in [5.74, 6) is 0.105. The molecule has 8 nitrogen and oxygen atoms in total. The molecule has 2 amide bonds. The topological polar surface area (TPSA) is 83.5 Å². The van der Waals surface area contributed by atoms with Crippen molar-refractivity contribution < 1.29 is 19.1 Å². The van der Waals surface area contributed by atoms with Gasteiger partial charge in [0.15, 0.2) is 5.54 Å². The lowest BCUT2D eigenvalue weighted by Crippen LogP contribution is -2.51. The highest BCUT2D eigenvalue weighted by Gasteiger charge is 2.66. The monoisotopic (exact) mass is 482 g/mol. The number of carbonyl (C=O) groups is 2. The van der Waals surface area contributed by atoms with Crippen LogP contribution < -0.4 is 5.32 Å². The van der Waals surface area contributed by atoms with E-state index in [9.17, 15) is 9.59 Å². The molecule has 1 unspecified atom stereocenters. The van der Waals surface area contributed by atoms with Gasteiger partial charge in [0.25, 0.3) is 5.91 Å². The minimum Gasteiger partial charge on any atom is -0.444 e. The molecule has 1 heterocycles. The van der Waals surface area contributed by atoms with Crippen molar-refractivity contribution in [3.05, 3.63) is 41.5 Å². The van der Waals surface area contributed by atoms with Gasteiger partial charge in [-0.15, -0.1) is 0 Å². The van der Waals surface area contributed by atoms with Gasteiger partial charge >= 0.3 is 6.09 Å². The van der Waals surface area contributed by atoms with Crippen molar-refractivity contribution in [1.29, 1.82) is 0 Å². The smallest absolute Gasteiger partial charge is 0.414 e. The molecule has 0 radical (unpaired) electrons. The van der Waals surface area contributed by atoms with Crippen molar-refractivity contribution in [2.24, 2.45) is 10.4 Å². The number of amides is 2. The predicted octanol–water partition coefficient (Wildman–Crippen LogP) is 3.90. The molecule has 1 N–H and O–H groups in total. The Bertz CT molecular complexity index is 1080. The molecule has 1 atom stereocenters. The molecule has 1 fully saturated rings. The van der Waals surface area contributed by atoms with E-state index in [0.717, 1.165) is 54.5 Å². The number of methoxy groups -OCH3 is 1. The first kappa shape index (κ1) is 25.2. The molecule has 35 heavy (non-hydrogen) atoms. The second-order valence-corrected chi connectivity index (χ2v) is 11.2. The molecule has 0 aromatic heterocycles. The number of benzene rings is 1. The second kappa shape index (κ2) is 8.66. The molecule has 2 spiro atoms. The van der Waals surface area contributed by atoms with Gasteiger partial charge < -0.3 is 14.4 Å². The Labute approximate surface area is 208 Å². The third-order valence-electron chi connectivity index (χ3n) is 7.71. The highest BCUT2D eigenvalue weighted by molar-refractivity contribution is 6.12. The Morgan fingerprint density at radius 2 is 1.91 bits per heavy atom. The maximum atomic E-state index is 14.2. The molecular weight excluding hydrogens is 444 g/mol. The summed E-state index contributed by atoms with van der Waals surface area (Å²) >= 11 is 0. The van der Waals surface area contributed by atoms with Gasteiger partial charge in [-0.25, -0.2) is 9.79 Å². The van der Waals surface area contributed by atoms with Crippen LogP contribution in [-0.4, -0.2) is 67.7 Å². The number of nitrogens with zero attached hydrogens (tertiary/aromatic N) is 3. The summed E-state index contributed by atoms with van der Waals surface area (Å²) in [7, 11) is 7.32. The summed E-state index contributed by atoms with van der Waals surface area (Å²) in [6, 6.07) is 6.25. The van der Waals surface area contributed by atoms with Crippen molar-refractivity contribution in [2.45, 2.75) is 70.1 Å². The fraction of sp³-hybridized carbons (Fsp3) is 0.593. The van der Waals surface area contributed by atoms with Gasteiger partial charge in [-0.1, -0.05) is 18.7 Å². The lowest BCUT2D eigenvalue weighted by atomic mass is 9.61.